The van der Waals surface area contributed by atoms with Crippen molar-refractivity contribution in [1.82, 2.24) is 0 Å². The zero-order valence-corrected chi connectivity index (χ0v) is 7.62. The van der Waals surface area contributed by atoms with Crippen LogP contribution in [-0.4, -0.2) is 10.7 Å². The monoisotopic (exact) mass is 209 g/mol. The summed E-state index contributed by atoms with van der Waals surface area (Å²) in [5, 5.41) is 10.7. The number of terminal acetylenes is 1. The molecule has 0 atom stereocenters. The SMILES string of the molecule is C#CC(=O)c1cc(Cl)ccc1[N+](=O)[O-]. The Bertz CT molecular complexity index is 448. The van der Waals surface area contributed by atoms with Gasteiger partial charge < -0.3 is 0 Å². The lowest BCUT2D eigenvalue weighted by atomic mass is 10.1. The van der Waals surface area contributed by atoms with Crippen molar-refractivity contribution in [2.75, 3.05) is 0 Å². The van der Waals surface area contributed by atoms with Crippen LogP contribution in [0.3, 0.4) is 0 Å². The number of ketones is 1. The van der Waals surface area contributed by atoms with E-state index in [9.17, 15) is 14.9 Å². The molecule has 0 aliphatic carbocycles. The van der Waals surface area contributed by atoms with Gasteiger partial charge in [-0.2, -0.15) is 0 Å². The summed E-state index contributed by atoms with van der Waals surface area (Å²) in [7, 11) is 0. The number of halogens is 1. The summed E-state index contributed by atoms with van der Waals surface area (Å²) in [5.41, 5.74) is -0.498. The Kier molecular flexibility index (Phi) is 2.85. The largest absolute Gasteiger partial charge is 0.281 e. The summed E-state index contributed by atoms with van der Waals surface area (Å²) in [6.45, 7) is 0. The first kappa shape index (κ1) is 10.2. The molecule has 0 radical (unpaired) electrons. The highest BCUT2D eigenvalue weighted by molar-refractivity contribution is 6.31. The summed E-state index contributed by atoms with van der Waals surface area (Å²) >= 11 is 5.58. The average molecular weight is 210 g/mol. The predicted molar refractivity (Wildman–Crippen MR) is 51.3 cm³/mol. The van der Waals surface area contributed by atoms with Crippen molar-refractivity contribution in [1.29, 1.82) is 0 Å². The molecule has 1 rings (SSSR count). The number of nitro benzene ring substituents is 1. The molecule has 0 amide bonds. The van der Waals surface area contributed by atoms with Gasteiger partial charge in [-0.15, -0.1) is 6.42 Å². The Morgan fingerprint density at radius 2 is 2.21 bits per heavy atom. The molecule has 0 aromatic heterocycles. The number of rotatable bonds is 2. The maximum absolute atomic E-state index is 11.1. The molecule has 0 saturated heterocycles. The summed E-state index contributed by atoms with van der Waals surface area (Å²) in [4.78, 5) is 20.9. The molecule has 4 nitrogen and oxygen atoms in total. The van der Waals surface area contributed by atoms with E-state index in [0.29, 0.717) is 0 Å². The summed E-state index contributed by atoms with van der Waals surface area (Å²) < 4.78 is 0. The maximum atomic E-state index is 11.1. The number of nitrogens with zero attached hydrogens (tertiary/aromatic N) is 1. The summed E-state index contributed by atoms with van der Waals surface area (Å²) in [6, 6.07) is 3.65. The zero-order valence-electron chi connectivity index (χ0n) is 6.86. The molecule has 5 heteroatoms. The number of hydrogen-bond donors (Lipinski definition) is 0. The summed E-state index contributed by atoms with van der Waals surface area (Å²) in [6.07, 6.45) is 4.86. The van der Waals surface area contributed by atoms with Crippen LogP contribution in [0, 0.1) is 22.5 Å². The van der Waals surface area contributed by atoms with Gasteiger partial charge in [-0.3, -0.25) is 14.9 Å². The van der Waals surface area contributed by atoms with Gasteiger partial charge in [-0.05, 0) is 18.1 Å². The Morgan fingerprint density at radius 1 is 1.57 bits per heavy atom. The lowest BCUT2D eigenvalue weighted by molar-refractivity contribution is -0.385. The van der Waals surface area contributed by atoms with E-state index in [0.717, 1.165) is 6.07 Å². The van der Waals surface area contributed by atoms with Gasteiger partial charge >= 0.3 is 0 Å². The van der Waals surface area contributed by atoms with Gasteiger partial charge in [-0.25, -0.2) is 0 Å². The lowest BCUT2D eigenvalue weighted by Gasteiger charge is -1.97. The van der Waals surface area contributed by atoms with Crippen LogP contribution in [0.2, 0.25) is 5.02 Å². The lowest BCUT2D eigenvalue weighted by Crippen LogP contribution is -2.01. The van der Waals surface area contributed by atoms with E-state index in [2.05, 4.69) is 0 Å². The molecule has 0 aliphatic heterocycles. The molecule has 70 valence electrons. The van der Waals surface area contributed by atoms with Crippen molar-refractivity contribution in [3.05, 3.63) is 38.9 Å². The predicted octanol–water partition coefficient (Wildman–Crippen LogP) is 2.06. The standard InChI is InChI=1S/C9H4ClNO3/c1-2-9(12)7-5-6(10)3-4-8(7)11(13)14/h1,3-5H. The third-order valence-corrected chi connectivity index (χ3v) is 1.77. The number of Topliss-reactive ketones (excluding diaryl/α,β-unsaturated/α-hetero) is 1. The van der Waals surface area contributed by atoms with Crippen molar-refractivity contribution in [3.8, 4) is 12.3 Å². The second-order valence-corrected chi connectivity index (χ2v) is 2.83. The Labute approximate surface area is 84.6 Å². The number of carbonyl (C=O) groups excluding carboxylic acids is 1. The topological polar surface area (TPSA) is 60.2 Å². The second kappa shape index (κ2) is 3.90. The van der Waals surface area contributed by atoms with E-state index in [4.69, 9.17) is 18.0 Å². The molecule has 1 aromatic carbocycles. The van der Waals surface area contributed by atoms with E-state index >= 15 is 0 Å². The average Bonchev–Trinajstić information content (AvgIpc) is 2.16. The van der Waals surface area contributed by atoms with E-state index in [1.54, 1.807) is 5.92 Å². The van der Waals surface area contributed by atoms with Gasteiger partial charge in [0, 0.05) is 11.1 Å². The number of carbonyl (C=O) groups is 1. The van der Waals surface area contributed by atoms with Crippen LogP contribution >= 0.6 is 11.6 Å². The van der Waals surface area contributed by atoms with Crippen molar-refractivity contribution >= 4 is 23.1 Å². The molecule has 0 fully saturated rings. The molecule has 0 N–H and O–H groups in total. The fourth-order valence-electron chi connectivity index (χ4n) is 0.927. The molecule has 1 aromatic rings. The third kappa shape index (κ3) is 1.90. The van der Waals surface area contributed by atoms with Crippen molar-refractivity contribution < 1.29 is 9.72 Å². The molecule has 0 heterocycles. The fraction of sp³-hybridized carbons (Fsp3) is 0. The quantitative estimate of drug-likeness (QED) is 0.246. The number of hydrogen-bond acceptors (Lipinski definition) is 3. The van der Waals surface area contributed by atoms with E-state index in [1.165, 1.54) is 12.1 Å². The minimum Gasteiger partial charge on any atom is -0.279 e. The van der Waals surface area contributed by atoms with E-state index in [1.807, 2.05) is 0 Å². The number of nitro groups is 1. The van der Waals surface area contributed by atoms with Crippen molar-refractivity contribution in [2.24, 2.45) is 0 Å². The molecule has 14 heavy (non-hydrogen) atoms. The smallest absolute Gasteiger partial charge is 0.279 e. The van der Waals surface area contributed by atoms with Gasteiger partial charge in [-0.1, -0.05) is 11.6 Å². The van der Waals surface area contributed by atoms with Gasteiger partial charge in [0.1, 0.15) is 5.56 Å². The minimum atomic E-state index is -0.751. The highest BCUT2D eigenvalue weighted by Crippen LogP contribution is 2.22. The van der Waals surface area contributed by atoms with Gasteiger partial charge in [0.05, 0.1) is 4.92 Å². The van der Waals surface area contributed by atoms with Crippen LogP contribution in [0.5, 0.6) is 0 Å². The third-order valence-electron chi connectivity index (χ3n) is 1.53. The first-order valence-electron chi connectivity index (χ1n) is 3.51. The summed E-state index contributed by atoms with van der Waals surface area (Å²) in [5.74, 6) is 1.05. The highest BCUT2D eigenvalue weighted by atomic mass is 35.5. The minimum absolute atomic E-state index is 0.162. The fourth-order valence-corrected chi connectivity index (χ4v) is 1.10. The zero-order chi connectivity index (χ0) is 10.7. The van der Waals surface area contributed by atoms with Gasteiger partial charge in [0.2, 0.25) is 5.78 Å². The van der Waals surface area contributed by atoms with Crippen LogP contribution < -0.4 is 0 Å². The van der Waals surface area contributed by atoms with Crippen molar-refractivity contribution in [3.63, 3.8) is 0 Å². The van der Waals surface area contributed by atoms with Gasteiger partial charge in [0.25, 0.3) is 5.69 Å². The second-order valence-electron chi connectivity index (χ2n) is 2.39. The molecule has 0 bridgehead atoms. The Hall–Kier alpha value is -1.86. The first-order valence-corrected chi connectivity index (χ1v) is 3.89. The van der Waals surface area contributed by atoms with Crippen LogP contribution in [0.1, 0.15) is 10.4 Å². The Balaban J connectivity index is 3.39. The van der Waals surface area contributed by atoms with Crippen LogP contribution in [0.15, 0.2) is 18.2 Å². The van der Waals surface area contributed by atoms with Crippen LogP contribution in [0.25, 0.3) is 0 Å². The number of benzene rings is 1. The molecular weight excluding hydrogens is 206 g/mol. The molecule has 0 unspecified atom stereocenters. The normalized spacial score (nSPS) is 9.14. The maximum Gasteiger partial charge on any atom is 0.281 e. The molecule has 0 spiro atoms. The highest BCUT2D eigenvalue weighted by Gasteiger charge is 2.18. The van der Waals surface area contributed by atoms with Crippen LogP contribution in [-0.2, 0) is 0 Å². The molecular formula is C9H4ClNO3. The van der Waals surface area contributed by atoms with Crippen molar-refractivity contribution in [2.45, 2.75) is 0 Å². The molecule has 0 aliphatic rings. The first-order chi connectivity index (χ1) is 6.56. The Morgan fingerprint density at radius 3 is 2.71 bits per heavy atom. The van der Waals surface area contributed by atoms with E-state index in [-0.39, 0.29) is 16.3 Å². The van der Waals surface area contributed by atoms with Gasteiger partial charge in [0.15, 0.2) is 0 Å². The molecule has 0 saturated carbocycles. The van der Waals surface area contributed by atoms with E-state index < -0.39 is 10.7 Å². The van der Waals surface area contributed by atoms with Crippen LogP contribution in [0.4, 0.5) is 5.69 Å².